The fraction of sp³-hybridized carbons (Fsp3) is 0.0556. The van der Waals surface area contributed by atoms with Gasteiger partial charge in [0.1, 0.15) is 6.07 Å². The summed E-state index contributed by atoms with van der Waals surface area (Å²) < 4.78 is 4.46. The minimum absolute atomic E-state index is 0.335. The van der Waals surface area contributed by atoms with Crippen molar-refractivity contribution >= 4 is 67.1 Å². The van der Waals surface area contributed by atoms with Gasteiger partial charge in [0, 0.05) is 21.8 Å². The van der Waals surface area contributed by atoms with Gasteiger partial charge >= 0.3 is 6.85 Å². The number of benzene rings is 5. The first-order chi connectivity index (χ1) is 21.0. The van der Waals surface area contributed by atoms with Crippen molar-refractivity contribution in [3.63, 3.8) is 0 Å². The van der Waals surface area contributed by atoms with Crippen LogP contribution >= 0.6 is 0 Å². The van der Waals surface area contributed by atoms with Gasteiger partial charge in [-0.05, 0) is 72.1 Å². The third kappa shape index (κ3) is 3.09. The second-order valence-corrected chi connectivity index (χ2v) is 11.1. The van der Waals surface area contributed by atoms with E-state index in [0.717, 1.165) is 44.0 Å². The predicted molar refractivity (Wildman–Crippen MR) is 171 cm³/mol. The zero-order valence-corrected chi connectivity index (χ0v) is 23.3. The molecule has 6 nitrogen and oxygen atoms in total. The van der Waals surface area contributed by atoms with E-state index in [2.05, 4.69) is 88.4 Å². The first kappa shape index (κ1) is 24.5. The van der Waals surface area contributed by atoms with Crippen molar-refractivity contribution in [1.82, 2.24) is 9.05 Å². The van der Waals surface area contributed by atoms with Crippen LogP contribution in [-0.2, 0) is 0 Å². The van der Waals surface area contributed by atoms with Gasteiger partial charge in [0.2, 0.25) is 0 Å². The Morgan fingerprint density at radius 2 is 1.44 bits per heavy atom. The van der Waals surface area contributed by atoms with Gasteiger partial charge < -0.3 is 9.05 Å². The lowest BCUT2D eigenvalue weighted by Gasteiger charge is -2.30. The molecule has 1 aliphatic rings. The summed E-state index contributed by atoms with van der Waals surface area (Å²) in [7, 11) is 0. The molecular weight excluding hydrogens is 527 g/mol. The largest absolute Gasteiger partial charge is 0.374 e. The minimum atomic E-state index is -0.385. The lowest BCUT2D eigenvalue weighted by atomic mass is 9.47. The number of para-hydroxylation sites is 1. The summed E-state index contributed by atoms with van der Waals surface area (Å²) in [5.41, 5.74) is 10.3. The van der Waals surface area contributed by atoms with Crippen molar-refractivity contribution in [3.05, 3.63) is 118 Å². The Labute approximate surface area is 247 Å². The maximum Gasteiger partial charge on any atom is 0.332 e. The van der Waals surface area contributed by atoms with Crippen molar-refractivity contribution in [2.75, 3.05) is 0 Å². The number of aryl methyl sites for hydroxylation is 2. The van der Waals surface area contributed by atoms with Crippen LogP contribution in [0.15, 0.2) is 78.9 Å². The molecule has 0 unspecified atom stereocenters. The van der Waals surface area contributed by atoms with E-state index in [-0.39, 0.29) is 6.85 Å². The molecule has 0 spiro atoms. The summed E-state index contributed by atoms with van der Waals surface area (Å²) in [6.07, 6.45) is 0. The van der Waals surface area contributed by atoms with Crippen LogP contribution in [0.3, 0.4) is 0 Å². The Morgan fingerprint density at radius 1 is 0.721 bits per heavy atom. The normalized spacial score (nSPS) is 11.8. The summed E-state index contributed by atoms with van der Waals surface area (Å²) in [5, 5.41) is 34.3. The van der Waals surface area contributed by atoms with Gasteiger partial charge in [0.05, 0.1) is 57.5 Å². The van der Waals surface area contributed by atoms with Crippen LogP contribution in [0.4, 0.5) is 5.69 Å². The van der Waals surface area contributed by atoms with Crippen molar-refractivity contribution in [2.45, 2.75) is 13.8 Å². The van der Waals surface area contributed by atoms with Crippen LogP contribution < -0.4 is 10.9 Å². The van der Waals surface area contributed by atoms with E-state index < -0.39 is 0 Å². The smallest absolute Gasteiger partial charge is 0.332 e. The van der Waals surface area contributed by atoms with Gasteiger partial charge in [0.25, 0.3) is 0 Å². The third-order valence-corrected chi connectivity index (χ3v) is 8.82. The molecule has 7 heteroatoms. The lowest BCUT2D eigenvalue weighted by molar-refractivity contribution is 1.17. The number of fused-ring (bicyclic) bond motifs is 8. The van der Waals surface area contributed by atoms with Crippen molar-refractivity contribution in [3.8, 4) is 23.9 Å². The molecule has 0 aliphatic carbocycles. The van der Waals surface area contributed by atoms with E-state index in [1.54, 1.807) is 24.3 Å². The van der Waals surface area contributed by atoms with E-state index in [4.69, 9.17) is 6.57 Å². The lowest BCUT2D eigenvalue weighted by Crippen LogP contribution is -2.54. The fourth-order valence-electron chi connectivity index (χ4n) is 7.14. The SMILES string of the molecule is [C-]#[N+]c1cc(C#N)c2c(c1)c1cc(C#N)cc(C#N)c1n2B1c2ccccc2-n2c3cc(C)ccc3c3ccc(C)c1c32. The number of nitriles is 3. The maximum atomic E-state index is 10.4. The first-order valence-electron chi connectivity index (χ1n) is 13.9. The van der Waals surface area contributed by atoms with E-state index >= 15 is 0 Å². The Hall–Kier alpha value is -6.28. The highest BCUT2D eigenvalue weighted by atomic mass is 15.0. The topological polar surface area (TPSA) is 85.6 Å². The fourth-order valence-corrected chi connectivity index (χ4v) is 7.14. The molecule has 0 bridgehead atoms. The summed E-state index contributed by atoms with van der Waals surface area (Å²) >= 11 is 0. The van der Waals surface area contributed by atoms with Crippen LogP contribution in [0.2, 0.25) is 0 Å². The van der Waals surface area contributed by atoms with E-state index in [0.29, 0.717) is 44.2 Å². The van der Waals surface area contributed by atoms with E-state index in [1.165, 1.54) is 5.56 Å². The molecule has 1 aliphatic heterocycles. The highest BCUT2D eigenvalue weighted by Crippen LogP contribution is 2.40. The molecule has 0 saturated carbocycles. The Morgan fingerprint density at radius 3 is 2.19 bits per heavy atom. The molecule has 196 valence electrons. The highest BCUT2D eigenvalue weighted by Gasteiger charge is 2.38. The molecule has 2 aromatic heterocycles. The Balaban J connectivity index is 1.66. The number of nitrogens with zero attached hydrogens (tertiary/aromatic N) is 6. The number of hydrogen-bond donors (Lipinski definition) is 0. The molecule has 0 radical (unpaired) electrons. The summed E-state index contributed by atoms with van der Waals surface area (Å²) in [6.45, 7) is 11.5. The molecule has 0 amide bonds. The number of aromatic nitrogens is 2. The van der Waals surface area contributed by atoms with Gasteiger partial charge in [-0.3, -0.25) is 0 Å². The van der Waals surface area contributed by atoms with Crippen LogP contribution in [0.25, 0.3) is 54.1 Å². The maximum absolute atomic E-state index is 10.4. The Kier molecular flexibility index (Phi) is 4.91. The average molecular weight is 546 g/mol. The number of rotatable bonds is 1. The molecule has 43 heavy (non-hydrogen) atoms. The van der Waals surface area contributed by atoms with Crippen molar-refractivity contribution in [1.29, 1.82) is 15.8 Å². The molecule has 8 rings (SSSR count). The zero-order chi connectivity index (χ0) is 29.6. The average Bonchev–Trinajstić information content (AvgIpc) is 3.54. The molecular formula is C36H19BN6. The van der Waals surface area contributed by atoms with Gasteiger partial charge in [0.15, 0.2) is 5.69 Å². The number of hydrogen-bond acceptors (Lipinski definition) is 3. The summed E-state index contributed by atoms with van der Waals surface area (Å²) in [4.78, 5) is 3.64. The molecule has 0 N–H and O–H groups in total. The van der Waals surface area contributed by atoms with E-state index in [1.807, 2.05) is 12.1 Å². The van der Waals surface area contributed by atoms with Crippen LogP contribution in [0.1, 0.15) is 27.8 Å². The molecule has 0 saturated heterocycles. The van der Waals surface area contributed by atoms with Crippen molar-refractivity contribution in [2.24, 2.45) is 0 Å². The zero-order valence-electron chi connectivity index (χ0n) is 23.3. The van der Waals surface area contributed by atoms with Crippen LogP contribution in [0.5, 0.6) is 0 Å². The molecule has 7 aromatic rings. The second-order valence-electron chi connectivity index (χ2n) is 11.1. The van der Waals surface area contributed by atoms with Gasteiger partial charge in [-0.2, -0.15) is 15.8 Å². The Bertz CT molecular complexity index is 2500. The van der Waals surface area contributed by atoms with Crippen LogP contribution in [-0.4, -0.2) is 15.9 Å². The monoisotopic (exact) mass is 546 g/mol. The van der Waals surface area contributed by atoms with Gasteiger partial charge in [-0.25, -0.2) is 4.85 Å². The quantitative estimate of drug-likeness (QED) is 0.171. The molecule has 3 heterocycles. The van der Waals surface area contributed by atoms with Crippen LogP contribution in [0, 0.1) is 54.4 Å². The molecule has 0 fully saturated rings. The van der Waals surface area contributed by atoms with Crippen molar-refractivity contribution < 1.29 is 0 Å². The van der Waals surface area contributed by atoms with Gasteiger partial charge in [-0.1, -0.05) is 48.0 Å². The van der Waals surface area contributed by atoms with E-state index in [9.17, 15) is 15.8 Å². The molecule has 0 atom stereocenters. The minimum Gasteiger partial charge on any atom is -0.374 e. The highest BCUT2D eigenvalue weighted by molar-refractivity contribution is 6.88. The third-order valence-electron chi connectivity index (χ3n) is 8.82. The molecule has 5 aromatic carbocycles. The summed E-state index contributed by atoms with van der Waals surface area (Å²) in [6, 6.07) is 32.8. The summed E-state index contributed by atoms with van der Waals surface area (Å²) in [5.74, 6) is 0. The predicted octanol–water partition coefficient (Wildman–Crippen LogP) is 6.64. The van der Waals surface area contributed by atoms with Gasteiger partial charge in [-0.15, -0.1) is 0 Å². The standard InChI is InChI=1S/C36H19BN6/c1-20-8-10-26-27-11-9-21(2)33-36(27)42(32(26)12-20)31-7-5-4-6-30(31)37(33)43-34-23(18-39)13-22(17-38)14-28(34)29-16-25(41-3)15-24(19-40)35(29)43/h4-16H,1-2H3. The second kappa shape index (κ2) is 8.61. The first-order valence-corrected chi connectivity index (χ1v) is 13.9.